The van der Waals surface area contributed by atoms with E-state index in [2.05, 4.69) is 19.1 Å². The fourth-order valence-corrected chi connectivity index (χ4v) is 1.82. The quantitative estimate of drug-likeness (QED) is 0.278. The Morgan fingerprint density at radius 1 is 0.917 bits per heavy atom. The predicted molar refractivity (Wildman–Crippen MR) is 122 cm³/mol. The normalized spacial score (nSPS) is 7.71. The molecule has 2 aromatic carbocycles. The van der Waals surface area contributed by atoms with Crippen molar-refractivity contribution in [3.8, 4) is 0 Å². The van der Waals surface area contributed by atoms with E-state index in [0.29, 0.717) is 10.1 Å². The van der Waals surface area contributed by atoms with Crippen molar-refractivity contribution in [2.45, 2.75) is 19.7 Å². The van der Waals surface area contributed by atoms with Crippen LogP contribution in [0.4, 0.5) is 0 Å². The van der Waals surface area contributed by atoms with Crippen LogP contribution in [-0.2, 0) is 18.5 Å². The number of aryl methyl sites for hydroxylation is 2. The summed E-state index contributed by atoms with van der Waals surface area (Å²) >= 11 is 15.2. The van der Waals surface area contributed by atoms with Gasteiger partial charge < -0.3 is 30.0 Å². The SMILES string of the molecule is CO.Cc1ccc(C(=S)[S-])cc1.Cc1ccc(CCl)cc1.[Na+].[SiH4].[SiH4]. The van der Waals surface area contributed by atoms with Crippen molar-refractivity contribution in [2.24, 2.45) is 0 Å². The maximum atomic E-state index is 7.00. The van der Waals surface area contributed by atoms with Gasteiger partial charge in [-0.3, -0.25) is 0 Å². The number of hydrogen-bond donors (Lipinski definition) is 1. The van der Waals surface area contributed by atoms with Gasteiger partial charge in [-0.15, -0.1) is 15.8 Å². The average Bonchev–Trinajstić information content (AvgIpc) is 2.51. The number of benzene rings is 2. The number of rotatable bonds is 2. The number of aliphatic hydroxyl groups is 1. The first-order valence-electron chi connectivity index (χ1n) is 6.37. The summed E-state index contributed by atoms with van der Waals surface area (Å²) in [6, 6.07) is 16.1. The topological polar surface area (TPSA) is 20.2 Å². The zero-order valence-electron chi connectivity index (χ0n) is 13.5. The Hall–Kier alpha value is 0.434. The van der Waals surface area contributed by atoms with Gasteiger partial charge in [0.25, 0.3) is 0 Å². The third-order valence-electron chi connectivity index (χ3n) is 2.56. The Morgan fingerprint density at radius 3 is 1.54 bits per heavy atom. The molecule has 0 unspecified atom stereocenters. The van der Waals surface area contributed by atoms with E-state index in [4.69, 9.17) is 41.6 Å². The Bertz CT molecular complexity index is 537. The van der Waals surface area contributed by atoms with Crippen LogP contribution in [-0.4, -0.2) is 38.3 Å². The molecule has 0 bridgehead atoms. The largest absolute Gasteiger partial charge is 1.00 e. The van der Waals surface area contributed by atoms with E-state index in [9.17, 15) is 0 Å². The van der Waals surface area contributed by atoms with Crippen LogP contribution < -0.4 is 29.6 Å². The van der Waals surface area contributed by atoms with E-state index >= 15 is 0 Å². The second-order valence-corrected chi connectivity index (χ2v) is 5.61. The third-order valence-corrected chi connectivity index (χ3v) is 3.34. The molecule has 2 aromatic rings. The van der Waals surface area contributed by atoms with Crippen molar-refractivity contribution in [3.63, 3.8) is 0 Å². The van der Waals surface area contributed by atoms with E-state index < -0.39 is 0 Å². The summed E-state index contributed by atoms with van der Waals surface area (Å²) < 4.78 is 0.542. The smallest absolute Gasteiger partial charge is 0.428 e. The monoisotopic (exact) mass is 426 g/mol. The van der Waals surface area contributed by atoms with Gasteiger partial charge in [-0.2, -0.15) is 0 Å². The fourth-order valence-electron chi connectivity index (χ4n) is 1.37. The van der Waals surface area contributed by atoms with Crippen molar-refractivity contribution in [1.29, 1.82) is 0 Å². The third kappa shape index (κ3) is 14.7. The Balaban J connectivity index is -0.000000136. The van der Waals surface area contributed by atoms with Gasteiger partial charge in [-0.1, -0.05) is 59.7 Å². The number of hydrogen-bond acceptors (Lipinski definition) is 3. The van der Waals surface area contributed by atoms with Crippen molar-refractivity contribution in [1.82, 2.24) is 0 Å². The number of halogens is 1. The summed E-state index contributed by atoms with van der Waals surface area (Å²) in [7, 11) is 1.00. The molecule has 1 nitrogen and oxygen atoms in total. The Labute approximate surface area is 193 Å². The summed E-state index contributed by atoms with van der Waals surface area (Å²) in [5, 5.41) is 7.00. The molecule has 0 radical (unpaired) electrons. The van der Waals surface area contributed by atoms with Gasteiger partial charge in [0.2, 0.25) is 0 Å². The minimum Gasteiger partial charge on any atom is -0.428 e. The second-order valence-electron chi connectivity index (χ2n) is 4.27. The first-order chi connectivity index (χ1) is 10.0. The summed E-state index contributed by atoms with van der Waals surface area (Å²) in [5.41, 5.74) is 4.66. The van der Waals surface area contributed by atoms with Crippen LogP contribution in [0.3, 0.4) is 0 Å². The van der Waals surface area contributed by atoms with Crippen LogP contribution in [0.15, 0.2) is 48.5 Å². The first kappa shape index (κ1) is 32.1. The molecule has 130 valence electrons. The number of alkyl halides is 1. The summed E-state index contributed by atoms with van der Waals surface area (Å²) in [6.07, 6.45) is 0. The minimum absolute atomic E-state index is 0. The van der Waals surface area contributed by atoms with Crippen LogP contribution in [0.2, 0.25) is 0 Å². The number of aliphatic hydroxyl groups excluding tert-OH is 1. The molecule has 0 aliphatic heterocycles. The molecule has 0 aliphatic rings. The van der Waals surface area contributed by atoms with E-state index in [-0.39, 0.29) is 51.5 Å². The van der Waals surface area contributed by atoms with Crippen molar-refractivity contribution in [3.05, 3.63) is 70.8 Å². The van der Waals surface area contributed by atoms with Gasteiger partial charge in [0.05, 0.1) is 0 Å². The number of thiocarbonyl (C=S) groups is 1. The average molecular weight is 427 g/mol. The molecular formula is C17H28ClNaOS2Si2. The van der Waals surface area contributed by atoms with Gasteiger partial charge in [0, 0.05) is 13.0 Å². The van der Waals surface area contributed by atoms with Gasteiger partial charge in [0.15, 0.2) is 0 Å². The standard InChI is InChI=1S/C8H9Cl.C8H8S2.CH4O.Na.2H4Si/c1-7-2-4-8(6-9)5-3-7;1-6-2-4-7(5-3-6)8(9)10;1-2;;;/h2-5H,6H2,1H3;2-5H,1H3,(H,9,10);2H,1H3;;2*1H4/q;;;+1;;/p-1. The molecule has 0 aromatic heterocycles. The zero-order chi connectivity index (χ0) is 16.3. The summed E-state index contributed by atoms with van der Waals surface area (Å²) in [5.74, 6) is 0.611. The zero-order valence-corrected chi connectivity index (χ0v) is 17.9. The fraction of sp³-hybridized carbons (Fsp3) is 0.235. The molecule has 0 atom stereocenters. The van der Waals surface area contributed by atoms with E-state index in [1.54, 1.807) is 0 Å². The van der Waals surface area contributed by atoms with Crippen molar-refractivity contribution < 1.29 is 34.7 Å². The second kappa shape index (κ2) is 19.8. The molecule has 0 fully saturated rings. The Kier molecular flexibility index (Phi) is 26.5. The van der Waals surface area contributed by atoms with Crippen LogP contribution in [0.5, 0.6) is 0 Å². The molecule has 0 aliphatic carbocycles. The molecule has 2 rings (SSSR count). The first-order valence-corrected chi connectivity index (χ1v) is 7.72. The van der Waals surface area contributed by atoms with E-state index in [1.807, 2.05) is 43.3 Å². The molecule has 24 heavy (non-hydrogen) atoms. The summed E-state index contributed by atoms with van der Waals surface area (Å²) in [6.45, 7) is 4.11. The van der Waals surface area contributed by atoms with Gasteiger partial charge in [-0.25, -0.2) is 0 Å². The van der Waals surface area contributed by atoms with Crippen LogP contribution in [0.25, 0.3) is 0 Å². The Morgan fingerprint density at radius 2 is 1.25 bits per heavy atom. The van der Waals surface area contributed by atoms with Gasteiger partial charge >= 0.3 is 29.6 Å². The van der Waals surface area contributed by atoms with Crippen LogP contribution in [0, 0.1) is 13.8 Å². The van der Waals surface area contributed by atoms with E-state index in [0.717, 1.165) is 12.7 Å². The molecule has 0 saturated carbocycles. The van der Waals surface area contributed by atoms with Crippen molar-refractivity contribution in [2.75, 3.05) is 7.11 Å². The van der Waals surface area contributed by atoms with Crippen molar-refractivity contribution >= 4 is 62.6 Å². The minimum atomic E-state index is 0. The molecule has 0 amide bonds. The van der Waals surface area contributed by atoms with E-state index in [1.165, 1.54) is 16.7 Å². The molecular weight excluding hydrogens is 399 g/mol. The van der Waals surface area contributed by atoms with Gasteiger partial charge in [0.1, 0.15) is 0 Å². The van der Waals surface area contributed by atoms with Crippen LogP contribution >= 0.6 is 23.8 Å². The predicted octanol–water partition coefficient (Wildman–Crippen LogP) is -1.34. The van der Waals surface area contributed by atoms with Gasteiger partial charge in [-0.05, 0) is 46.9 Å². The maximum absolute atomic E-state index is 7.00. The molecule has 0 heterocycles. The molecule has 1 N–H and O–H groups in total. The molecule has 0 saturated heterocycles. The molecule has 0 spiro atoms. The molecule has 7 heteroatoms. The summed E-state index contributed by atoms with van der Waals surface area (Å²) in [4.78, 5) is 0. The maximum Gasteiger partial charge on any atom is 1.00 e. The van der Waals surface area contributed by atoms with Crippen LogP contribution in [0.1, 0.15) is 22.3 Å².